The van der Waals surface area contributed by atoms with Gasteiger partial charge in [0.25, 0.3) is 0 Å². The predicted molar refractivity (Wildman–Crippen MR) is 113 cm³/mol. The molecule has 0 heterocycles. The van der Waals surface area contributed by atoms with Crippen molar-refractivity contribution in [2.75, 3.05) is 0 Å². The van der Waals surface area contributed by atoms with Crippen molar-refractivity contribution in [1.29, 1.82) is 0 Å². The number of alkyl halides is 3. The number of Topliss-reactive ketones (excluding diaryl/α,β-unsaturated/α-hetero) is 1. The van der Waals surface area contributed by atoms with E-state index in [-0.39, 0.29) is 29.4 Å². The van der Waals surface area contributed by atoms with Crippen LogP contribution in [-0.2, 0) is 9.59 Å². The Labute approximate surface area is 190 Å². The Morgan fingerprint density at radius 1 is 1.20 bits per heavy atom. The maximum atomic E-state index is 15.6. The van der Waals surface area contributed by atoms with Gasteiger partial charge in [-0.05, 0) is 49.2 Å². The maximum absolute atomic E-state index is 15.6. The van der Waals surface area contributed by atoms with E-state index in [4.69, 9.17) is 34.8 Å². The lowest BCUT2D eigenvalue weighted by atomic mass is 9.45. The summed E-state index contributed by atoms with van der Waals surface area (Å²) < 4.78 is 15.6. The van der Waals surface area contributed by atoms with E-state index in [2.05, 4.69) is 0 Å². The number of hydrogen-bond donors (Lipinski definition) is 2. The zero-order valence-corrected chi connectivity index (χ0v) is 19.6. The molecule has 3 fully saturated rings. The number of aliphatic hydroxyl groups is 2. The summed E-state index contributed by atoms with van der Waals surface area (Å²) in [5, 5.41) is 20.8. The number of rotatable bonds is 1. The molecule has 0 bridgehead atoms. The number of ketones is 2. The van der Waals surface area contributed by atoms with Crippen molar-refractivity contribution in [2.45, 2.75) is 68.7 Å². The summed E-state index contributed by atoms with van der Waals surface area (Å²) in [6.07, 6.45) is 1.34. The van der Waals surface area contributed by atoms with E-state index in [1.807, 2.05) is 0 Å². The Morgan fingerprint density at radius 3 is 2.37 bits per heavy atom. The van der Waals surface area contributed by atoms with Gasteiger partial charge in [-0.25, -0.2) is 4.39 Å². The first kappa shape index (κ1) is 22.7. The second kappa shape index (κ2) is 6.32. The number of carbonyl (C=O) groups is 2. The molecule has 2 N–H and O–H groups in total. The first-order valence-electron chi connectivity index (χ1n) is 10.2. The van der Waals surface area contributed by atoms with Crippen LogP contribution in [-0.4, -0.2) is 43.5 Å². The van der Waals surface area contributed by atoms with Crippen molar-refractivity contribution in [3.63, 3.8) is 0 Å². The smallest absolute Gasteiger partial charge is 0.196 e. The van der Waals surface area contributed by atoms with Crippen molar-refractivity contribution in [3.8, 4) is 0 Å². The van der Waals surface area contributed by atoms with Gasteiger partial charge in [-0.15, -0.1) is 11.6 Å². The fraction of sp³-hybridized carbons (Fsp3) is 0.727. The predicted octanol–water partition coefficient (Wildman–Crippen LogP) is 4.27. The van der Waals surface area contributed by atoms with Gasteiger partial charge in [-0.1, -0.05) is 50.0 Å². The fourth-order valence-electron chi connectivity index (χ4n) is 7.45. The van der Waals surface area contributed by atoms with E-state index in [0.29, 0.717) is 6.42 Å². The summed E-state index contributed by atoms with van der Waals surface area (Å²) in [7, 11) is 0. The molecule has 4 aliphatic carbocycles. The maximum Gasteiger partial charge on any atom is 0.196 e. The Hall–Kier alpha value is -0.460. The highest BCUT2D eigenvalue weighted by molar-refractivity contribution is 6.45. The molecule has 4 nitrogen and oxygen atoms in total. The molecule has 8 heteroatoms. The summed E-state index contributed by atoms with van der Waals surface area (Å²) in [6, 6.07) is 0. The molecular weight excluding hydrogens is 454 g/mol. The first-order valence-corrected chi connectivity index (χ1v) is 11.3. The van der Waals surface area contributed by atoms with Crippen molar-refractivity contribution >= 4 is 46.4 Å². The van der Waals surface area contributed by atoms with E-state index < -0.39 is 55.9 Å². The molecule has 0 aromatic carbocycles. The molecule has 0 aromatic rings. The van der Waals surface area contributed by atoms with Crippen LogP contribution in [0, 0.1) is 28.6 Å². The Morgan fingerprint density at radius 2 is 1.80 bits per heavy atom. The third kappa shape index (κ3) is 2.27. The van der Waals surface area contributed by atoms with Crippen LogP contribution in [0.25, 0.3) is 0 Å². The largest absolute Gasteiger partial charge is 0.381 e. The van der Waals surface area contributed by atoms with Crippen molar-refractivity contribution in [2.24, 2.45) is 28.6 Å². The SMILES string of the molecule is CC(=O)[C@@]1(O)C(C)C[C@H]2[C@@H]3CC(F)C4=C(Cl)C(=O)C=C[C@]4(C)[C@@]3(Cl)C(O)(Cl)C[C@@]21C. The lowest BCUT2D eigenvalue weighted by molar-refractivity contribution is -0.184. The normalized spacial score (nSPS) is 55.2. The van der Waals surface area contributed by atoms with E-state index in [1.165, 1.54) is 19.1 Å². The quantitative estimate of drug-likeness (QED) is 0.551. The first-order chi connectivity index (χ1) is 13.6. The zero-order valence-electron chi connectivity index (χ0n) is 17.3. The van der Waals surface area contributed by atoms with Crippen LogP contribution >= 0.6 is 34.8 Å². The number of halogens is 4. The van der Waals surface area contributed by atoms with Crippen LogP contribution in [0.4, 0.5) is 4.39 Å². The monoisotopic (exact) mass is 478 g/mol. The third-order valence-electron chi connectivity index (χ3n) is 8.81. The second-order valence-electron chi connectivity index (χ2n) is 10.1. The number of carbonyl (C=O) groups excluding carboxylic acids is 2. The molecule has 0 spiro atoms. The minimum atomic E-state index is -2.10. The summed E-state index contributed by atoms with van der Waals surface area (Å²) in [4.78, 5) is 23.1. The molecule has 0 aliphatic heterocycles. The van der Waals surface area contributed by atoms with Gasteiger partial charge in [0.05, 0.1) is 5.03 Å². The van der Waals surface area contributed by atoms with Crippen LogP contribution in [0.5, 0.6) is 0 Å². The standard InChI is InChI=1S/C22H26Cl3FO4/c1-10-7-12-13-8-14(26)16-17(23)15(28)5-6-18(16,3)22(13,25)20(24,29)9-19(12,4)21(10,30)11(2)27/h5-6,10,12-14,29-30H,7-9H2,1-4H3/t10?,12-,13-,14?,18-,19-,20?,21-,22+/m0/s1. The summed E-state index contributed by atoms with van der Waals surface area (Å²) in [5.74, 6) is -2.35. The molecular formula is C22H26Cl3FO4. The van der Waals surface area contributed by atoms with E-state index in [0.717, 1.165) is 0 Å². The van der Waals surface area contributed by atoms with Crippen molar-refractivity contribution in [3.05, 3.63) is 22.8 Å². The Bertz CT molecular complexity index is 916. The number of allylic oxidation sites excluding steroid dienone is 4. The van der Waals surface area contributed by atoms with Gasteiger partial charge in [-0.2, -0.15) is 0 Å². The molecule has 0 amide bonds. The highest BCUT2D eigenvalue weighted by atomic mass is 35.5. The third-order valence-corrected chi connectivity index (χ3v) is 10.7. The molecule has 0 saturated heterocycles. The topological polar surface area (TPSA) is 74.6 Å². The summed E-state index contributed by atoms with van der Waals surface area (Å²) in [5.41, 5.74) is -4.08. The van der Waals surface area contributed by atoms with Gasteiger partial charge in [0.1, 0.15) is 16.6 Å². The van der Waals surface area contributed by atoms with Crippen molar-refractivity contribution < 1.29 is 24.2 Å². The van der Waals surface area contributed by atoms with Gasteiger partial charge in [0, 0.05) is 17.3 Å². The zero-order chi connectivity index (χ0) is 22.7. The van der Waals surface area contributed by atoms with Gasteiger partial charge in [0.2, 0.25) is 0 Å². The fourth-order valence-corrected chi connectivity index (χ4v) is 8.92. The molecule has 9 atom stereocenters. The van der Waals surface area contributed by atoms with E-state index in [9.17, 15) is 19.8 Å². The average Bonchev–Trinajstić information content (AvgIpc) is 2.82. The molecule has 30 heavy (non-hydrogen) atoms. The van der Waals surface area contributed by atoms with Crippen LogP contribution in [0.1, 0.15) is 47.0 Å². The molecule has 3 unspecified atom stereocenters. The van der Waals surface area contributed by atoms with Gasteiger partial charge >= 0.3 is 0 Å². The van der Waals surface area contributed by atoms with Crippen LogP contribution in [0.3, 0.4) is 0 Å². The molecule has 0 aromatic heterocycles. The molecule has 166 valence electrons. The Balaban J connectivity index is 1.96. The van der Waals surface area contributed by atoms with Crippen molar-refractivity contribution in [1.82, 2.24) is 0 Å². The van der Waals surface area contributed by atoms with Gasteiger partial charge in [-0.3, -0.25) is 9.59 Å². The highest BCUT2D eigenvalue weighted by Crippen LogP contribution is 2.75. The number of fused-ring (bicyclic) bond motifs is 5. The van der Waals surface area contributed by atoms with Crippen LogP contribution < -0.4 is 0 Å². The number of hydrogen-bond acceptors (Lipinski definition) is 4. The lowest BCUT2D eigenvalue weighted by Gasteiger charge is -2.66. The van der Waals surface area contributed by atoms with E-state index in [1.54, 1.807) is 20.8 Å². The lowest BCUT2D eigenvalue weighted by Crippen LogP contribution is -2.73. The second-order valence-corrected chi connectivity index (χ2v) is 11.7. The van der Waals surface area contributed by atoms with Gasteiger partial charge < -0.3 is 10.2 Å². The highest BCUT2D eigenvalue weighted by Gasteiger charge is 2.79. The molecule has 0 radical (unpaired) electrons. The molecule has 3 saturated carbocycles. The molecule has 4 rings (SSSR count). The van der Waals surface area contributed by atoms with Gasteiger partial charge in [0.15, 0.2) is 16.6 Å². The van der Waals surface area contributed by atoms with Crippen LogP contribution in [0.2, 0.25) is 0 Å². The Kier molecular flexibility index (Phi) is 4.78. The summed E-state index contributed by atoms with van der Waals surface area (Å²) in [6.45, 7) is 6.49. The minimum Gasteiger partial charge on any atom is -0.381 e. The summed E-state index contributed by atoms with van der Waals surface area (Å²) >= 11 is 20.2. The van der Waals surface area contributed by atoms with E-state index >= 15 is 4.39 Å². The minimum absolute atomic E-state index is 0.0402. The van der Waals surface area contributed by atoms with Crippen LogP contribution in [0.15, 0.2) is 22.8 Å². The average molecular weight is 480 g/mol. The molecule has 4 aliphatic rings.